The number of allylic oxidation sites excluding steroid dienone is 3. The summed E-state index contributed by atoms with van der Waals surface area (Å²) in [6.45, 7) is 0. The standard InChI is InChI=1S/C20H18N4O3S/c1-27-15-4-2-14(3-5-15)24-17-8-11-28(25,26)19(17)18(16(12-21)20(24)22)13-6-9-23-10-7-13/h2-7,9-10,18H,8,11,22H2,1H3. The molecule has 2 aliphatic heterocycles. The van der Waals surface area contributed by atoms with Crippen molar-refractivity contribution in [3.63, 3.8) is 0 Å². The number of aromatic nitrogens is 1. The van der Waals surface area contributed by atoms with Gasteiger partial charge in [-0.1, -0.05) is 0 Å². The predicted molar refractivity (Wildman–Crippen MR) is 105 cm³/mol. The van der Waals surface area contributed by atoms with Crippen LogP contribution in [0.5, 0.6) is 5.75 Å². The van der Waals surface area contributed by atoms with Crippen LogP contribution in [0.1, 0.15) is 17.9 Å². The van der Waals surface area contributed by atoms with E-state index in [1.807, 2.05) is 0 Å². The van der Waals surface area contributed by atoms with Crippen molar-refractivity contribution in [2.75, 3.05) is 17.8 Å². The molecule has 0 aliphatic carbocycles. The second-order valence-electron chi connectivity index (χ2n) is 6.54. The lowest BCUT2D eigenvalue weighted by atomic mass is 9.87. The fraction of sp³-hybridized carbons (Fsp3) is 0.200. The van der Waals surface area contributed by atoms with Crippen LogP contribution in [-0.2, 0) is 9.84 Å². The summed E-state index contributed by atoms with van der Waals surface area (Å²) < 4.78 is 31.1. The average molecular weight is 394 g/mol. The summed E-state index contributed by atoms with van der Waals surface area (Å²) in [6.07, 6.45) is 3.50. The van der Waals surface area contributed by atoms with E-state index in [4.69, 9.17) is 10.5 Å². The predicted octanol–water partition coefficient (Wildman–Crippen LogP) is 2.42. The first-order valence-electron chi connectivity index (χ1n) is 8.67. The number of nitrogens with two attached hydrogens (primary N) is 1. The Bertz CT molecular complexity index is 1130. The molecule has 1 aromatic carbocycles. The number of anilines is 1. The molecule has 28 heavy (non-hydrogen) atoms. The average Bonchev–Trinajstić information content (AvgIpc) is 3.02. The number of nitriles is 1. The van der Waals surface area contributed by atoms with Gasteiger partial charge < -0.3 is 10.5 Å². The Labute approximate surface area is 163 Å². The minimum Gasteiger partial charge on any atom is -0.497 e. The van der Waals surface area contributed by atoms with Crippen LogP contribution >= 0.6 is 0 Å². The SMILES string of the molecule is COc1ccc(N2C(N)=C(C#N)C(c3ccncc3)C3=C2CCS3(=O)=O)cc1. The minimum atomic E-state index is -3.51. The van der Waals surface area contributed by atoms with Crippen molar-refractivity contribution in [2.24, 2.45) is 5.73 Å². The molecule has 1 unspecified atom stereocenters. The molecule has 2 N–H and O–H groups in total. The Kier molecular flexibility index (Phi) is 4.32. The Balaban J connectivity index is 1.96. The molecule has 0 spiro atoms. The highest BCUT2D eigenvalue weighted by molar-refractivity contribution is 7.95. The lowest BCUT2D eigenvalue weighted by Crippen LogP contribution is -2.34. The topological polar surface area (TPSA) is 109 Å². The van der Waals surface area contributed by atoms with Crippen molar-refractivity contribution >= 4 is 15.5 Å². The second-order valence-corrected chi connectivity index (χ2v) is 8.62. The Morgan fingerprint density at radius 2 is 1.89 bits per heavy atom. The molecule has 1 atom stereocenters. The van der Waals surface area contributed by atoms with E-state index in [2.05, 4.69) is 11.1 Å². The van der Waals surface area contributed by atoms with Gasteiger partial charge in [0, 0.05) is 30.2 Å². The van der Waals surface area contributed by atoms with Crippen LogP contribution in [0.3, 0.4) is 0 Å². The smallest absolute Gasteiger partial charge is 0.177 e. The van der Waals surface area contributed by atoms with Gasteiger partial charge in [-0.05, 0) is 42.0 Å². The number of methoxy groups -OCH3 is 1. The summed E-state index contributed by atoms with van der Waals surface area (Å²) in [6, 6.07) is 12.7. The molecule has 0 radical (unpaired) electrons. The summed E-state index contributed by atoms with van der Waals surface area (Å²) >= 11 is 0. The van der Waals surface area contributed by atoms with Crippen LogP contribution in [0.2, 0.25) is 0 Å². The van der Waals surface area contributed by atoms with Gasteiger partial charge >= 0.3 is 0 Å². The molecule has 3 heterocycles. The third-order valence-corrected chi connectivity index (χ3v) is 6.94. The lowest BCUT2D eigenvalue weighted by Gasteiger charge is -2.35. The number of rotatable bonds is 3. The zero-order chi connectivity index (χ0) is 19.9. The number of benzene rings is 1. The van der Waals surface area contributed by atoms with Crippen molar-refractivity contribution in [1.82, 2.24) is 4.98 Å². The quantitative estimate of drug-likeness (QED) is 0.851. The van der Waals surface area contributed by atoms with Crippen molar-refractivity contribution < 1.29 is 13.2 Å². The monoisotopic (exact) mass is 394 g/mol. The number of hydrogen-bond acceptors (Lipinski definition) is 7. The molecule has 0 amide bonds. The summed E-state index contributed by atoms with van der Waals surface area (Å²) in [5.41, 5.74) is 8.61. The summed E-state index contributed by atoms with van der Waals surface area (Å²) in [5.74, 6) is 0.194. The summed E-state index contributed by atoms with van der Waals surface area (Å²) in [4.78, 5) is 5.92. The molecule has 7 nitrogen and oxygen atoms in total. The third-order valence-electron chi connectivity index (χ3n) is 5.06. The van der Waals surface area contributed by atoms with Crippen LogP contribution in [0, 0.1) is 11.3 Å². The molecular weight excluding hydrogens is 376 g/mol. The van der Waals surface area contributed by atoms with Crippen molar-refractivity contribution in [3.8, 4) is 11.8 Å². The van der Waals surface area contributed by atoms with E-state index >= 15 is 0 Å². The summed E-state index contributed by atoms with van der Waals surface area (Å²) in [7, 11) is -1.94. The van der Waals surface area contributed by atoms with Crippen LogP contribution < -0.4 is 15.4 Å². The molecule has 4 rings (SSSR count). The molecule has 0 fully saturated rings. The largest absolute Gasteiger partial charge is 0.497 e. The molecule has 1 aromatic heterocycles. The Hall–Kier alpha value is -3.31. The van der Waals surface area contributed by atoms with E-state index in [1.54, 1.807) is 60.8 Å². The van der Waals surface area contributed by atoms with Gasteiger partial charge in [0.15, 0.2) is 9.84 Å². The van der Waals surface area contributed by atoms with Gasteiger partial charge in [-0.2, -0.15) is 5.26 Å². The number of hydrogen-bond donors (Lipinski definition) is 1. The molecule has 142 valence electrons. The first-order valence-corrected chi connectivity index (χ1v) is 10.3. The molecule has 2 aromatic rings. The van der Waals surface area contributed by atoms with Gasteiger partial charge in [-0.3, -0.25) is 9.88 Å². The van der Waals surface area contributed by atoms with Crippen LogP contribution in [0.4, 0.5) is 5.69 Å². The molecule has 2 aliphatic rings. The van der Waals surface area contributed by atoms with Gasteiger partial charge in [0.05, 0.1) is 35.3 Å². The number of nitrogens with zero attached hydrogens (tertiary/aromatic N) is 3. The normalized spacial score (nSPS) is 20.7. The van der Waals surface area contributed by atoms with E-state index < -0.39 is 15.8 Å². The Morgan fingerprint density at radius 3 is 2.50 bits per heavy atom. The zero-order valence-corrected chi connectivity index (χ0v) is 16.0. The van der Waals surface area contributed by atoms with Gasteiger partial charge in [0.1, 0.15) is 11.6 Å². The van der Waals surface area contributed by atoms with Gasteiger partial charge in [0.2, 0.25) is 0 Å². The maximum absolute atomic E-state index is 12.9. The first-order chi connectivity index (χ1) is 13.5. The molecule has 8 heteroatoms. The van der Waals surface area contributed by atoms with Gasteiger partial charge in [-0.15, -0.1) is 0 Å². The van der Waals surface area contributed by atoms with Crippen LogP contribution in [0.15, 0.2) is 70.8 Å². The van der Waals surface area contributed by atoms with Crippen molar-refractivity contribution in [3.05, 3.63) is 76.4 Å². The van der Waals surface area contributed by atoms with Crippen molar-refractivity contribution in [2.45, 2.75) is 12.3 Å². The fourth-order valence-corrected chi connectivity index (χ4v) is 5.63. The molecule has 0 bridgehead atoms. The second kappa shape index (κ2) is 6.69. The Morgan fingerprint density at radius 1 is 1.21 bits per heavy atom. The molecular formula is C20H18N4O3S. The van der Waals surface area contributed by atoms with Crippen LogP contribution in [0.25, 0.3) is 0 Å². The van der Waals surface area contributed by atoms with E-state index in [0.717, 1.165) is 0 Å². The summed E-state index contributed by atoms with van der Waals surface area (Å²) in [5, 5.41) is 9.86. The van der Waals surface area contributed by atoms with E-state index in [-0.39, 0.29) is 22.1 Å². The maximum atomic E-state index is 12.9. The highest BCUT2D eigenvalue weighted by Crippen LogP contribution is 2.48. The molecule has 0 saturated heterocycles. The molecule has 0 saturated carbocycles. The number of pyridine rings is 1. The number of ether oxygens (including phenoxy) is 1. The third kappa shape index (κ3) is 2.72. The van der Waals surface area contributed by atoms with E-state index in [9.17, 15) is 13.7 Å². The van der Waals surface area contributed by atoms with E-state index in [0.29, 0.717) is 29.1 Å². The highest BCUT2D eigenvalue weighted by atomic mass is 32.2. The van der Waals surface area contributed by atoms with Gasteiger partial charge in [0.25, 0.3) is 0 Å². The van der Waals surface area contributed by atoms with Gasteiger partial charge in [-0.25, -0.2) is 8.42 Å². The minimum absolute atomic E-state index is 0.00209. The van der Waals surface area contributed by atoms with Crippen molar-refractivity contribution in [1.29, 1.82) is 5.26 Å². The van der Waals surface area contributed by atoms with Crippen LogP contribution in [-0.4, -0.2) is 26.3 Å². The zero-order valence-electron chi connectivity index (χ0n) is 15.2. The maximum Gasteiger partial charge on any atom is 0.177 e. The highest BCUT2D eigenvalue weighted by Gasteiger charge is 2.45. The number of sulfone groups is 1. The van der Waals surface area contributed by atoms with E-state index in [1.165, 1.54) is 0 Å². The lowest BCUT2D eigenvalue weighted by molar-refractivity contribution is 0.415. The fourth-order valence-electron chi connectivity index (χ4n) is 3.78. The first kappa shape index (κ1) is 18.1.